The van der Waals surface area contributed by atoms with E-state index in [1.54, 1.807) is 23.2 Å². The molecule has 27 heavy (non-hydrogen) atoms. The number of nitrogens with zero attached hydrogens (tertiary/aromatic N) is 2. The van der Waals surface area contributed by atoms with E-state index in [0.717, 1.165) is 18.9 Å². The molecule has 0 saturated heterocycles. The number of aromatic nitrogens is 1. The van der Waals surface area contributed by atoms with Crippen LogP contribution in [0.1, 0.15) is 34.3 Å². The van der Waals surface area contributed by atoms with Crippen molar-refractivity contribution in [2.75, 3.05) is 0 Å². The lowest BCUT2D eigenvalue weighted by Gasteiger charge is -2.24. The molecule has 1 saturated carbocycles. The van der Waals surface area contributed by atoms with Crippen LogP contribution in [0, 0.1) is 0 Å². The minimum atomic E-state index is -4.52. The molecule has 1 aromatic carbocycles. The first-order chi connectivity index (χ1) is 12.8. The maximum absolute atomic E-state index is 13.0. The minimum absolute atomic E-state index is 0.0308. The van der Waals surface area contributed by atoms with Crippen LogP contribution in [0.4, 0.5) is 13.2 Å². The number of benzene rings is 1. The van der Waals surface area contributed by atoms with E-state index < -0.39 is 11.7 Å². The monoisotopic (exact) mass is 400 g/mol. The zero-order valence-electron chi connectivity index (χ0n) is 14.0. The Morgan fingerprint density at radius 2 is 1.96 bits per heavy atom. The largest absolute Gasteiger partial charge is 0.483 e. The Bertz CT molecular complexity index is 796. The summed E-state index contributed by atoms with van der Waals surface area (Å²) in [5.74, 6) is -0.251. The van der Waals surface area contributed by atoms with E-state index in [9.17, 15) is 18.0 Å². The van der Waals surface area contributed by atoms with Gasteiger partial charge in [-0.1, -0.05) is 23.7 Å². The zero-order valence-corrected chi connectivity index (χ0v) is 14.7. The van der Waals surface area contributed by atoms with Crippen molar-refractivity contribution in [1.29, 1.82) is 0 Å². The van der Waals surface area contributed by atoms with E-state index in [2.05, 4.69) is 4.98 Å². The van der Waals surface area contributed by atoms with Gasteiger partial charge in [-0.05, 0) is 36.6 Å². The van der Waals surface area contributed by atoms with E-state index in [0.29, 0.717) is 5.56 Å². The first-order valence-electron chi connectivity index (χ1n) is 7.93. The van der Waals surface area contributed by atoms with Crippen molar-refractivity contribution in [3.63, 3.8) is 0 Å². The lowest BCUT2D eigenvalue weighted by molar-refractivity contribution is -0.137. The Hall–Kier alpha value is -2.61. The second-order valence-electron chi connectivity index (χ2n) is 5.79. The average Bonchev–Trinajstić information content (AvgIpc) is 3.46. The minimum Gasteiger partial charge on any atom is -0.483 e. The highest BCUT2D eigenvalue weighted by Crippen LogP contribution is 2.38. The number of carbonyl (C=O) groups excluding carboxylic acids is 1. The fourth-order valence-electron chi connectivity index (χ4n) is 2.51. The van der Waals surface area contributed by atoms with Gasteiger partial charge in [0.05, 0.1) is 16.1 Å². The third-order valence-electron chi connectivity index (χ3n) is 3.88. The molecule has 0 aliphatic heterocycles. The summed E-state index contributed by atoms with van der Waals surface area (Å²) < 4.78 is 39.0. The van der Waals surface area contributed by atoms with Gasteiger partial charge in [-0.3, -0.25) is 14.6 Å². The summed E-state index contributed by atoms with van der Waals surface area (Å²) in [6.07, 6.45) is 0.156. The lowest BCUT2D eigenvalue weighted by atomic mass is 10.1. The third-order valence-corrected chi connectivity index (χ3v) is 4.33. The van der Waals surface area contributed by atoms with Crippen LogP contribution in [0.15, 0.2) is 42.7 Å². The topological polar surface area (TPSA) is 70.5 Å². The summed E-state index contributed by atoms with van der Waals surface area (Å²) in [5, 5.41) is 6.54. The number of pyridine rings is 1. The highest BCUT2D eigenvalue weighted by atomic mass is 35.5. The van der Waals surface area contributed by atoms with Crippen LogP contribution in [0.2, 0.25) is 5.02 Å². The second-order valence-corrected chi connectivity index (χ2v) is 6.17. The van der Waals surface area contributed by atoms with Crippen molar-refractivity contribution in [1.82, 2.24) is 9.88 Å². The summed E-state index contributed by atoms with van der Waals surface area (Å²) in [4.78, 5) is 26.5. The molecule has 1 aliphatic carbocycles. The summed E-state index contributed by atoms with van der Waals surface area (Å²) in [7, 11) is 0. The summed E-state index contributed by atoms with van der Waals surface area (Å²) in [5.41, 5.74) is -0.186. The molecule has 2 aromatic rings. The Labute approximate surface area is 158 Å². The molecule has 1 aliphatic rings. The molecule has 0 unspecified atom stereocenters. The lowest BCUT2D eigenvalue weighted by Crippen LogP contribution is -2.33. The standard InChI is InChI=1S/C17H14ClF3N2O.CH2O2/c18-15-12(3-1-5-14(15)17(19,20)21)10-23(13-6-7-13)16(24)11-4-2-8-22-9-11;2-1-3/h1-5,8-9,13H,6-7,10H2;1H,(H,2,3). The van der Waals surface area contributed by atoms with E-state index in [1.165, 1.54) is 18.3 Å². The van der Waals surface area contributed by atoms with Gasteiger partial charge >= 0.3 is 6.18 Å². The fourth-order valence-corrected chi connectivity index (χ4v) is 2.81. The third kappa shape index (κ3) is 5.43. The number of hydrogen-bond acceptors (Lipinski definition) is 3. The van der Waals surface area contributed by atoms with Crippen LogP contribution in [0.5, 0.6) is 0 Å². The van der Waals surface area contributed by atoms with Gasteiger partial charge in [0.15, 0.2) is 0 Å². The van der Waals surface area contributed by atoms with Crippen molar-refractivity contribution in [3.8, 4) is 0 Å². The second kappa shape index (κ2) is 8.85. The van der Waals surface area contributed by atoms with Gasteiger partial charge in [-0.2, -0.15) is 13.2 Å². The Morgan fingerprint density at radius 3 is 2.48 bits per heavy atom. The highest BCUT2D eigenvalue weighted by Gasteiger charge is 2.36. The number of alkyl halides is 3. The molecule has 1 fully saturated rings. The molecule has 0 bridgehead atoms. The van der Waals surface area contributed by atoms with Gasteiger partial charge in [-0.25, -0.2) is 0 Å². The van der Waals surface area contributed by atoms with Gasteiger partial charge in [0.1, 0.15) is 0 Å². The predicted molar refractivity (Wildman–Crippen MR) is 92.3 cm³/mol. The molecule has 1 aromatic heterocycles. The van der Waals surface area contributed by atoms with E-state index in [4.69, 9.17) is 21.5 Å². The van der Waals surface area contributed by atoms with Crippen LogP contribution in [-0.4, -0.2) is 33.4 Å². The molecular weight excluding hydrogens is 385 g/mol. The van der Waals surface area contributed by atoms with Gasteiger partial charge in [-0.15, -0.1) is 0 Å². The van der Waals surface area contributed by atoms with Crippen molar-refractivity contribution < 1.29 is 27.9 Å². The maximum Gasteiger partial charge on any atom is 0.417 e. The number of rotatable bonds is 4. The molecule has 1 N–H and O–H groups in total. The Kier molecular flexibility index (Phi) is 6.79. The highest BCUT2D eigenvalue weighted by molar-refractivity contribution is 6.32. The fraction of sp³-hybridized carbons (Fsp3) is 0.278. The van der Waals surface area contributed by atoms with Crippen LogP contribution in [-0.2, 0) is 17.5 Å². The first-order valence-corrected chi connectivity index (χ1v) is 8.30. The van der Waals surface area contributed by atoms with E-state index in [-0.39, 0.29) is 35.6 Å². The molecule has 0 spiro atoms. The van der Waals surface area contributed by atoms with Crippen molar-refractivity contribution in [3.05, 3.63) is 64.4 Å². The molecule has 9 heteroatoms. The molecule has 1 heterocycles. The van der Waals surface area contributed by atoms with Crippen LogP contribution >= 0.6 is 11.6 Å². The van der Waals surface area contributed by atoms with Crippen LogP contribution in [0.25, 0.3) is 0 Å². The van der Waals surface area contributed by atoms with Crippen molar-refractivity contribution in [2.24, 2.45) is 0 Å². The predicted octanol–water partition coefficient (Wildman–Crippen LogP) is 4.26. The number of carbonyl (C=O) groups is 2. The zero-order chi connectivity index (χ0) is 20.0. The Balaban J connectivity index is 0.000000817. The average molecular weight is 401 g/mol. The van der Waals surface area contributed by atoms with E-state index >= 15 is 0 Å². The molecule has 0 radical (unpaired) electrons. The van der Waals surface area contributed by atoms with Gasteiger partial charge in [0, 0.05) is 25.0 Å². The summed E-state index contributed by atoms with van der Waals surface area (Å²) >= 11 is 5.94. The van der Waals surface area contributed by atoms with Crippen LogP contribution < -0.4 is 0 Å². The molecule has 1 amide bonds. The van der Waals surface area contributed by atoms with Gasteiger partial charge in [0.25, 0.3) is 12.4 Å². The Morgan fingerprint density at radius 1 is 1.30 bits per heavy atom. The number of halogens is 4. The van der Waals surface area contributed by atoms with Gasteiger partial charge < -0.3 is 10.0 Å². The normalized spacial score (nSPS) is 13.3. The summed E-state index contributed by atoms with van der Waals surface area (Å²) in [6.45, 7) is -0.207. The van der Waals surface area contributed by atoms with Gasteiger partial charge in [0.2, 0.25) is 0 Å². The van der Waals surface area contributed by atoms with Crippen molar-refractivity contribution >= 4 is 24.0 Å². The smallest absolute Gasteiger partial charge is 0.417 e. The first kappa shape index (κ1) is 20.7. The summed E-state index contributed by atoms with van der Waals surface area (Å²) in [6, 6.07) is 7.08. The maximum atomic E-state index is 13.0. The molecular formula is C18H16ClF3N2O3. The van der Waals surface area contributed by atoms with Crippen molar-refractivity contribution in [2.45, 2.75) is 31.6 Å². The quantitative estimate of drug-likeness (QED) is 0.778. The molecule has 3 rings (SSSR count). The molecule has 5 nitrogen and oxygen atoms in total. The molecule has 0 atom stereocenters. The number of carboxylic acid groups (broad SMARTS) is 1. The van der Waals surface area contributed by atoms with Crippen LogP contribution in [0.3, 0.4) is 0 Å². The number of amides is 1. The SMILES string of the molecule is O=C(c1cccnc1)N(Cc1cccc(C(F)(F)F)c1Cl)C1CC1.O=CO. The molecule has 144 valence electrons. The van der Waals surface area contributed by atoms with E-state index in [1.807, 2.05) is 0 Å². The number of hydrogen-bond donors (Lipinski definition) is 1.